The highest BCUT2D eigenvalue weighted by molar-refractivity contribution is 6.01. The molecule has 0 atom stereocenters. The Bertz CT molecular complexity index is 328. The zero-order chi connectivity index (χ0) is 9.26. The Labute approximate surface area is 77.5 Å². The van der Waals surface area contributed by atoms with Crippen LogP contribution >= 0.6 is 0 Å². The molecule has 2 rings (SSSR count). The minimum absolute atomic E-state index is 0.221. The van der Waals surface area contributed by atoms with Gasteiger partial charge in [0, 0.05) is 6.42 Å². The van der Waals surface area contributed by atoms with Gasteiger partial charge in [-0.3, -0.25) is 4.79 Å². The predicted octanol–water partition coefficient (Wildman–Crippen LogP) is 2.21. The average Bonchev–Trinajstić information content (AvgIpc) is 2.17. The van der Waals surface area contributed by atoms with E-state index in [0.717, 1.165) is 29.7 Å². The van der Waals surface area contributed by atoms with Gasteiger partial charge in [-0.25, -0.2) is 0 Å². The number of methoxy groups -OCH3 is 1. The van der Waals surface area contributed by atoms with E-state index >= 15 is 0 Å². The SMILES string of the molecule is COc1cccc2c1C(=O)CCC2. The molecule has 0 saturated carbocycles. The lowest BCUT2D eigenvalue weighted by atomic mass is 9.90. The Hall–Kier alpha value is -1.31. The van der Waals surface area contributed by atoms with Crippen molar-refractivity contribution in [1.82, 2.24) is 0 Å². The number of ether oxygens (including phenoxy) is 1. The molecular formula is C11H12O2. The highest BCUT2D eigenvalue weighted by Crippen LogP contribution is 2.28. The number of rotatable bonds is 1. The molecule has 68 valence electrons. The largest absolute Gasteiger partial charge is 0.496 e. The van der Waals surface area contributed by atoms with Crippen LogP contribution in [0.5, 0.6) is 5.75 Å². The van der Waals surface area contributed by atoms with E-state index in [1.54, 1.807) is 7.11 Å². The van der Waals surface area contributed by atoms with E-state index in [9.17, 15) is 4.79 Å². The van der Waals surface area contributed by atoms with Crippen LogP contribution in [0.2, 0.25) is 0 Å². The third-order valence-corrected chi connectivity index (χ3v) is 2.46. The van der Waals surface area contributed by atoms with Crippen LogP contribution < -0.4 is 4.74 Å². The van der Waals surface area contributed by atoms with Crippen molar-refractivity contribution in [3.8, 4) is 5.75 Å². The maximum Gasteiger partial charge on any atom is 0.166 e. The van der Waals surface area contributed by atoms with E-state index in [4.69, 9.17) is 4.74 Å². The van der Waals surface area contributed by atoms with Crippen LogP contribution in [0, 0.1) is 0 Å². The molecular weight excluding hydrogens is 164 g/mol. The Balaban J connectivity index is 2.56. The highest BCUT2D eigenvalue weighted by Gasteiger charge is 2.20. The Kier molecular flexibility index (Phi) is 2.05. The monoisotopic (exact) mass is 176 g/mol. The summed E-state index contributed by atoms with van der Waals surface area (Å²) in [6.45, 7) is 0. The molecule has 0 bridgehead atoms. The number of benzene rings is 1. The predicted molar refractivity (Wildman–Crippen MR) is 50.3 cm³/mol. The number of carbonyl (C=O) groups is 1. The van der Waals surface area contributed by atoms with Gasteiger partial charge < -0.3 is 4.74 Å². The summed E-state index contributed by atoms with van der Waals surface area (Å²) < 4.78 is 5.16. The molecule has 0 radical (unpaired) electrons. The molecule has 0 fully saturated rings. The van der Waals surface area contributed by atoms with E-state index in [-0.39, 0.29) is 5.78 Å². The maximum atomic E-state index is 11.6. The van der Waals surface area contributed by atoms with Crippen molar-refractivity contribution in [2.24, 2.45) is 0 Å². The van der Waals surface area contributed by atoms with Crippen molar-refractivity contribution < 1.29 is 9.53 Å². The molecule has 0 N–H and O–H groups in total. The number of aryl methyl sites for hydroxylation is 1. The topological polar surface area (TPSA) is 26.3 Å². The van der Waals surface area contributed by atoms with Gasteiger partial charge in [0.1, 0.15) is 5.75 Å². The second-order valence-corrected chi connectivity index (χ2v) is 3.27. The first-order valence-corrected chi connectivity index (χ1v) is 4.52. The number of fused-ring (bicyclic) bond motifs is 1. The first kappa shape index (κ1) is 8.30. The maximum absolute atomic E-state index is 11.6. The second-order valence-electron chi connectivity index (χ2n) is 3.27. The molecule has 0 unspecified atom stereocenters. The third-order valence-electron chi connectivity index (χ3n) is 2.46. The van der Waals surface area contributed by atoms with Crippen LogP contribution in [-0.2, 0) is 6.42 Å². The van der Waals surface area contributed by atoms with Crippen LogP contribution in [0.25, 0.3) is 0 Å². The van der Waals surface area contributed by atoms with Crippen LogP contribution in [0.3, 0.4) is 0 Å². The van der Waals surface area contributed by atoms with Crippen molar-refractivity contribution >= 4 is 5.78 Å². The van der Waals surface area contributed by atoms with E-state index < -0.39 is 0 Å². The van der Waals surface area contributed by atoms with Crippen LogP contribution in [-0.4, -0.2) is 12.9 Å². The zero-order valence-corrected chi connectivity index (χ0v) is 7.67. The van der Waals surface area contributed by atoms with Crippen molar-refractivity contribution in [2.45, 2.75) is 19.3 Å². The van der Waals surface area contributed by atoms with Gasteiger partial charge in [-0.2, -0.15) is 0 Å². The Morgan fingerprint density at radius 1 is 1.31 bits per heavy atom. The normalized spacial score (nSPS) is 15.3. The molecule has 0 aromatic heterocycles. The van der Waals surface area contributed by atoms with Crippen molar-refractivity contribution in [3.63, 3.8) is 0 Å². The summed E-state index contributed by atoms with van der Waals surface area (Å²) in [6.07, 6.45) is 2.63. The molecule has 1 aliphatic carbocycles. The van der Waals surface area contributed by atoms with Gasteiger partial charge in [-0.15, -0.1) is 0 Å². The number of hydrogen-bond donors (Lipinski definition) is 0. The molecule has 0 spiro atoms. The minimum Gasteiger partial charge on any atom is -0.496 e. The van der Waals surface area contributed by atoms with Gasteiger partial charge in [0.15, 0.2) is 5.78 Å². The summed E-state index contributed by atoms with van der Waals surface area (Å²) in [5, 5.41) is 0. The number of carbonyl (C=O) groups excluding carboxylic acids is 1. The minimum atomic E-state index is 0.221. The Morgan fingerprint density at radius 2 is 2.15 bits per heavy atom. The molecule has 2 nitrogen and oxygen atoms in total. The number of Topliss-reactive ketones (excluding diaryl/α,β-unsaturated/α-hetero) is 1. The first-order chi connectivity index (χ1) is 6.33. The second kappa shape index (κ2) is 3.21. The van der Waals surface area contributed by atoms with Gasteiger partial charge in [0.25, 0.3) is 0 Å². The van der Waals surface area contributed by atoms with E-state index in [0.29, 0.717) is 6.42 Å². The molecule has 0 saturated heterocycles. The lowest BCUT2D eigenvalue weighted by molar-refractivity contribution is 0.0969. The molecule has 13 heavy (non-hydrogen) atoms. The van der Waals surface area contributed by atoms with Gasteiger partial charge in [-0.05, 0) is 24.5 Å². The van der Waals surface area contributed by atoms with E-state index in [1.165, 1.54) is 0 Å². The first-order valence-electron chi connectivity index (χ1n) is 4.52. The fourth-order valence-corrected chi connectivity index (χ4v) is 1.84. The summed E-state index contributed by atoms with van der Waals surface area (Å²) in [7, 11) is 1.61. The van der Waals surface area contributed by atoms with Gasteiger partial charge in [0.05, 0.1) is 12.7 Å². The Morgan fingerprint density at radius 3 is 2.92 bits per heavy atom. The summed E-state index contributed by atoms with van der Waals surface area (Å²) in [5.41, 5.74) is 1.94. The molecule has 1 aromatic carbocycles. The third kappa shape index (κ3) is 1.32. The summed E-state index contributed by atoms with van der Waals surface area (Å²) >= 11 is 0. The fraction of sp³-hybridized carbons (Fsp3) is 0.364. The highest BCUT2D eigenvalue weighted by atomic mass is 16.5. The molecule has 0 amide bonds. The summed E-state index contributed by atoms with van der Waals surface area (Å²) in [5.74, 6) is 0.945. The smallest absolute Gasteiger partial charge is 0.166 e. The number of ketones is 1. The molecule has 1 aromatic rings. The standard InChI is InChI=1S/C11H12O2/c1-13-10-7-3-5-8-4-2-6-9(12)11(8)10/h3,5,7H,2,4,6H2,1H3. The van der Waals surface area contributed by atoms with Crippen LogP contribution in [0.4, 0.5) is 0 Å². The fourth-order valence-electron chi connectivity index (χ4n) is 1.84. The molecule has 0 aliphatic heterocycles. The van der Waals surface area contributed by atoms with Crippen LogP contribution in [0.1, 0.15) is 28.8 Å². The summed E-state index contributed by atoms with van der Waals surface area (Å²) in [6, 6.07) is 5.80. The van der Waals surface area contributed by atoms with Crippen molar-refractivity contribution in [3.05, 3.63) is 29.3 Å². The van der Waals surface area contributed by atoms with Gasteiger partial charge in [0.2, 0.25) is 0 Å². The van der Waals surface area contributed by atoms with Crippen molar-refractivity contribution in [1.29, 1.82) is 0 Å². The number of hydrogen-bond acceptors (Lipinski definition) is 2. The zero-order valence-electron chi connectivity index (χ0n) is 7.67. The van der Waals surface area contributed by atoms with E-state index in [1.807, 2.05) is 18.2 Å². The molecule has 2 heteroatoms. The van der Waals surface area contributed by atoms with Crippen molar-refractivity contribution in [2.75, 3.05) is 7.11 Å². The molecule has 0 heterocycles. The van der Waals surface area contributed by atoms with Gasteiger partial charge in [-0.1, -0.05) is 12.1 Å². The quantitative estimate of drug-likeness (QED) is 0.655. The summed E-state index contributed by atoms with van der Waals surface area (Å²) in [4.78, 5) is 11.6. The lowest BCUT2D eigenvalue weighted by Gasteiger charge is -2.16. The lowest BCUT2D eigenvalue weighted by Crippen LogP contribution is -2.12. The average molecular weight is 176 g/mol. The van der Waals surface area contributed by atoms with Gasteiger partial charge >= 0.3 is 0 Å². The van der Waals surface area contributed by atoms with E-state index in [2.05, 4.69) is 0 Å². The van der Waals surface area contributed by atoms with Crippen LogP contribution in [0.15, 0.2) is 18.2 Å². The molecule has 1 aliphatic rings.